The highest BCUT2D eigenvalue weighted by atomic mass is 16.6. The van der Waals surface area contributed by atoms with Gasteiger partial charge in [0, 0.05) is 31.0 Å². The fourth-order valence-corrected chi connectivity index (χ4v) is 2.84. The molecule has 1 amide bonds. The number of hydrogen-bond donors (Lipinski definition) is 2. The average Bonchev–Trinajstić information content (AvgIpc) is 2.52. The summed E-state index contributed by atoms with van der Waals surface area (Å²) >= 11 is 0. The normalized spacial score (nSPS) is 21.3. The Morgan fingerprint density at radius 3 is 2.86 bits per heavy atom. The van der Waals surface area contributed by atoms with Gasteiger partial charge in [-0.15, -0.1) is 0 Å². The van der Waals surface area contributed by atoms with Crippen LogP contribution >= 0.6 is 0 Å². The van der Waals surface area contributed by atoms with Crippen molar-refractivity contribution in [3.63, 3.8) is 0 Å². The molecule has 22 heavy (non-hydrogen) atoms. The third-order valence-corrected chi connectivity index (χ3v) is 4.19. The van der Waals surface area contributed by atoms with Crippen LogP contribution < -0.4 is 5.32 Å². The van der Waals surface area contributed by atoms with Gasteiger partial charge in [-0.25, -0.2) is 0 Å². The van der Waals surface area contributed by atoms with E-state index in [2.05, 4.69) is 5.32 Å². The van der Waals surface area contributed by atoms with E-state index in [0.717, 1.165) is 31.2 Å². The van der Waals surface area contributed by atoms with Crippen LogP contribution in [0, 0.1) is 16.0 Å². The van der Waals surface area contributed by atoms with Crippen molar-refractivity contribution in [3.8, 4) is 0 Å². The topological polar surface area (TPSA) is 92.5 Å². The summed E-state index contributed by atoms with van der Waals surface area (Å²) in [4.78, 5) is 22.1. The van der Waals surface area contributed by atoms with E-state index >= 15 is 0 Å². The van der Waals surface area contributed by atoms with Gasteiger partial charge in [0.2, 0.25) is 5.91 Å². The van der Waals surface area contributed by atoms with Crippen molar-refractivity contribution in [2.75, 3.05) is 6.54 Å². The van der Waals surface area contributed by atoms with E-state index in [-0.39, 0.29) is 23.6 Å². The van der Waals surface area contributed by atoms with E-state index in [1.54, 1.807) is 12.1 Å². The van der Waals surface area contributed by atoms with Gasteiger partial charge in [0.1, 0.15) is 0 Å². The van der Waals surface area contributed by atoms with Crippen LogP contribution in [-0.2, 0) is 11.2 Å². The molecule has 0 bridgehead atoms. The average molecular weight is 306 g/mol. The first kappa shape index (κ1) is 16.4. The number of nitro benzene ring substituents is 1. The van der Waals surface area contributed by atoms with Crippen molar-refractivity contribution >= 4 is 11.6 Å². The lowest BCUT2D eigenvalue weighted by molar-refractivity contribution is -0.384. The minimum absolute atomic E-state index is 0.0447. The second kappa shape index (κ2) is 7.89. The molecule has 1 saturated carbocycles. The van der Waals surface area contributed by atoms with Crippen molar-refractivity contribution in [2.24, 2.45) is 5.92 Å². The van der Waals surface area contributed by atoms with Gasteiger partial charge in [-0.3, -0.25) is 14.9 Å². The van der Waals surface area contributed by atoms with Gasteiger partial charge >= 0.3 is 0 Å². The summed E-state index contributed by atoms with van der Waals surface area (Å²) < 4.78 is 0. The molecule has 0 spiro atoms. The lowest BCUT2D eigenvalue weighted by Gasteiger charge is -2.27. The Morgan fingerprint density at radius 1 is 1.36 bits per heavy atom. The number of aliphatic hydroxyl groups excluding tert-OH is 1. The van der Waals surface area contributed by atoms with Crippen molar-refractivity contribution in [1.82, 2.24) is 5.32 Å². The Bertz CT molecular complexity index is 533. The second-order valence-electron chi connectivity index (χ2n) is 5.84. The Morgan fingerprint density at radius 2 is 2.14 bits per heavy atom. The van der Waals surface area contributed by atoms with Crippen LogP contribution in [0.3, 0.4) is 0 Å². The Kier molecular flexibility index (Phi) is 5.89. The van der Waals surface area contributed by atoms with Gasteiger partial charge < -0.3 is 10.4 Å². The first-order valence-corrected chi connectivity index (χ1v) is 7.74. The Hall–Kier alpha value is -1.95. The van der Waals surface area contributed by atoms with Crippen LogP contribution in [-0.4, -0.2) is 28.6 Å². The van der Waals surface area contributed by atoms with Crippen LogP contribution in [0.4, 0.5) is 5.69 Å². The minimum Gasteiger partial charge on any atom is -0.393 e. The molecule has 0 heterocycles. The van der Waals surface area contributed by atoms with E-state index in [0.29, 0.717) is 19.4 Å². The molecule has 0 aliphatic heterocycles. The van der Waals surface area contributed by atoms with Gasteiger partial charge in [-0.05, 0) is 24.8 Å². The van der Waals surface area contributed by atoms with Gasteiger partial charge in [0.25, 0.3) is 5.69 Å². The quantitative estimate of drug-likeness (QED) is 0.622. The molecule has 1 aromatic rings. The summed E-state index contributed by atoms with van der Waals surface area (Å²) in [5.74, 6) is 0.0693. The molecule has 1 aliphatic carbocycles. The number of nitrogens with one attached hydrogen (secondary N) is 1. The first-order valence-electron chi connectivity index (χ1n) is 7.74. The van der Waals surface area contributed by atoms with Gasteiger partial charge in [-0.1, -0.05) is 25.0 Å². The lowest BCUT2D eigenvalue weighted by Crippen LogP contribution is -2.36. The zero-order valence-electron chi connectivity index (χ0n) is 12.5. The highest BCUT2D eigenvalue weighted by Crippen LogP contribution is 2.23. The maximum atomic E-state index is 11.9. The summed E-state index contributed by atoms with van der Waals surface area (Å²) in [6.07, 6.45) is 4.38. The number of carbonyl (C=O) groups excluding carboxylic acids is 1. The zero-order chi connectivity index (χ0) is 15.9. The molecule has 6 nitrogen and oxygen atoms in total. The highest BCUT2D eigenvalue weighted by Gasteiger charge is 2.23. The number of nitro groups is 1. The number of carbonyl (C=O) groups is 1. The first-order chi connectivity index (χ1) is 10.6. The Labute approximate surface area is 129 Å². The van der Waals surface area contributed by atoms with Crippen molar-refractivity contribution in [2.45, 2.75) is 44.6 Å². The highest BCUT2D eigenvalue weighted by molar-refractivity contribution is 5.76. The summed E-state index contributed by atoms with van der Waals surface area (Å²) in [7, 11) is 0. The van der Waals surface area contributed by atoms with E-state index < -0.39 is 4.92 Å². The molecule has 0 saturated heterocycles. The molecule has 6 heteroatoms. The predicted octanol–water partition coefficient (Wildman–Crippen LogP) is 2.19. The largest absolute Gasteiger partial charge is 0.393 e. The lowest BCUT2D eigenvalue weighted by atomic mass is 9.86. The third-order valence-electron chi connectivity index (χ3n) is 4.19. The minimum atomic E-state index is -0.436. The molecule has 2 rings (SSSR count). The molecule has 1 aliphatic rings. The number of rotatable bonds is 6. The van der Waals surface area contributed by atoms with Gasteiger partial charge in [0.15, 0.2) is 0 Å². The van der Waals surface area contributed by atoms with E-state index in [9.17, 15) is 20.0 Å². The van der Waals surface area contributed by atoms with Gasteiger partial charge in [0.05, 0.1) is 11.0 Å². The van der Waals surface area contributed by atoms with Crippen molar-refractivity contribution in [3.05, 3.63) is 39.9 Å². The maximum Gasteiger partial charge on any atom is 0.269 e. The maximum absolute atomic E-state index is 11.9. The number of non-ortho nitro benzene ring substituents is 1. The van der Waals surface area contributed by atoms with Crippen molar-refractivity contribution < 1.29 is 14.8 Å². The predicted molar refractivity (Wildman–Crippen MR) is 82.4 cm³/mol. The SMILES string of the molecule is O=C(CCc1cccc([N+](=O)[O-])c1)NCC1CCCCC1O. The van der Waals surface area contributed by atoms with Crippen LogP contribution in [0.25, 0.3) is 0 Å². The number of hydrogen-bond acceptors (Lipinski definition) is 4. The number of amides is 1. The monoisotopic (exact) mass is 306 g/mol. The molecule has 2 unspecified atom stereocenters. The molecule has 0 aromatic heterocycles. The number of benzene rings is 1. The summed E-state index contributed by atoms with van der Waals surface area (Å²) in [6, 6.07) is 6.35. The fraction of sp³-hybridized carbons (Fsp3) is 0.562. The molecule has 2 N–H and O–H groups in total. The smallest absolute Gasteiger partial charge is 0.269 e. The molecule has 2 atom stereocenters. The summed E-state index contributed by atoms with van der Waals surface area (Å²) in [5.41, 5.74) is 0.824. The number of aliphatic hydroxyl groups is 1. The third kappa shape index (κ3) is 4.80. The van der Waals surface area contributed by atoms with Crippen LogP contribution in [0.1, 0.15) is 37.7 Å². The van der Waals surface area contributed by atoms with Crippen LogP contribution in [0.5, 0.6) is 0 Å². The summed E-state index contributed by atoms with van der Waals surface area (Å²) in [5, 5.41) is 23.4. The standard InChI is InChI=1S/C16H22N2O4/c19-15-7-2-1-5-13(15)11-17-16(20)9-8-12-4-3-6-14(10-12)18(21)22/h3-4,6,10,13,15,19H,1-2,5,7-9,11H2,(H,17,20). The zero-order valence-corrected chi connectivity index (χ0v) is 12.5. The number of nitrogens with zero attached hydrogens (tertiary/aromatic N) is 1. The van der Waals surface area contributed by atoms with Crippen LogP contribution in [0.15, 0.2) is 24.3 Å². The van der Waals surface area contributed by atoms with Gasteiger partial charge in [-0.2, -0.15) is 0 Å². The second-order valence-corrected chi connectivity index (χ2v) is 5.84. The van der Waals surface area contributed by atoms with E-state index in [1.165, 1.54) is 12.1 Å². The van der Waals surface area contributed by atoms with Crippen LogP contribution in [0.2, 0.25) is 0 Å². The van der Waals surface area contributed by atoms with E-state index in [1.807, 2.05) is 0 Å². The molecular weight excluding hydrogens is 284 g/mol. The van der Waals surface area contributed by atoms with Crippen molar-refractivity contribution in [1.29, 1.82) is 0 Å². The summed E-state index contributed by atoms with van der Waals surface area (Å²) in [6.45, 7) is 0.509. The molecule has 1 fully saturated rings. The molecule has 120 valence electrons. The number of aryl methyl sites for hydroxylation is 1. The Balaban J connectivity index is 1.75. The van der Waals surface area contributed by atoms with E-state index in [4.69, 9.17) is 0 Å². The molecule has 0 radical (unpaired) electrons. The molecular formula is C16H22N2O4. The fourth-order valence-electron chi connectivity index (χ4n) is 2.84. The molecule has 1 aromatic carbocycles.